The van der Waals surface area contributed by atoms with Crippen molar-refractivity contribution in [1.82, 2.24) is 4.90 Å². The number of aliphatic hydroxyl groups is 1. The predicted octanol–water partition coefficient (Wildman–Crippen LogP) is 5.08. The van der Waals surface area contributed by atoms with Gasteiger partial charge in [0.1, 0.15) is 5.60 Å². The molecule has 0 saturated carbocycles. The smallest absolute Gasteiger partial charge is 0.410 e. The van der Waals surface area contributed by atoms with Gasteiger partial charge in [-0.05, 0) is 75.4 Å². The molecule has 1 fully saturated rings. The SMILES string of the molecule is CC(C)(C)OC(=O)N1C(Cc2ccc(C(=O)O)cc2)CCC1C(O)c1cccc(Cl)c1. The van der Waals surface area contributed by atoms with Gasteiger partial charge >= 0.3 is 12.1 Å². The lowest BCUT2D eigenvalue weighted by Crippen LogP contribution is -2.47. The molecule has 2 aromatic rings. The van der Waals surface area contributed by atoms with E-state index in [0.29, 0.717) is 29.8 Å². The molecule has 0 bridgehead atoms. The van der Waals surface area contributed by atoms with Crippen LogP contribution < -0.4 is 0 Å². The monoisotopic (exact) mass is 445 g/mol. The van der Waals surface area contributed by atoms with Crippen LogP contribution in [0.25, 0.3) is 0 Å². The van der Waals surface area contributed by atoms with Gasteiger partial charge in [-0.3, -0.25) is 4.90 Å². The van der Waals surface area contributed by atoms with Crippen molar-refractivity contribution < 1.29 is 24.5 Å². The van der Waals surface area contributed by atoms with Crippen molar-refractivity contribution in [3.8, 4) is 0 Å². The van der Waals surface area contributed by atoms with E-state index >= 15 is 0 Å². The summed E-state index contributed by atoms with van der Waals surface area (Å²) < 4.78 is 5.65. The summed E-state index contributed by atoms with van der Waals surface area (Å²) in [6.45, 7) is 5.43. The van der Waals surface area contributed by atoms with Gasteiger partial charge < -0.3 is 14.9 Å². The molecule has 166 valence electrons. The molecule has 0 aliphatic carbocycles. The minimum absolute atomic E-state index is 0.177. The third-order valence-electron chi connectivity index (χ3n) is 5.38. The molecule has 2 N–H and O–H groups in total. The van der Waals surface area contributed by atoms with Crippen molar-refractivity contribution in [1.29, 1.82) is 0 Å². The van der Waals surface area contributed by atoms with Crippen LogP contribution in [-0.4, -0.2) is 44.9 Å². The molecule has 3 unspecified atom stereocenters. The lowest BCUT2D eigenvalue weighted by Gasteiger charge is -2.35. The molecule has 3 atom stereocenters. The van der Waals surface area contributed by atoms with E-state index in [1.165, 1.54) is 0 Å². The first-order chi connectivity index (χ1) is 14.5. The first-order valence-corrected chi connectivity index (χ1v) is 10.7. The Morgan fingerprint density at radius 2 is 1.84 bits per heavy atom. The molecule has 1 saturated heterocycles. The number of halogens is 1. The zero-order chi connectivity index (χ0) is 22.8. The number of carboxylic acid groups (broad SMARTS) is 1. The van der Waals surface area contributed by atoms with E-state index < -0.39 is 29.8 Å². The van der Waals surface area contributed by atoms with Crippen LogP contribution in [0.1, 0.15) is 61.2 Å². The summed E-state index contributed by atoms with van der Waals surface area (Å²) in [6.07, 6.45) is 0.485. The Morgan fingerprint density at radius 1 is 1.16 bits per heavy atom. The largest absolute Gasteiger partial charge is 0.478 e. The molecule has 3 rings (SSSR count). The van der Waals surface area contributed by atoms with Gasteiger partial charge in [0.15, 0.2) is 0 Å². The molecular weight excluding hydrogens is 418 g/mol. The zero-order valence-corrected chi connectivity index (χ0v) is 18.7. The summed E-state index contributed by atoms with van der Waals surface area (Å²) in [4.78, 5) is 25.8. The first-order valence-electron chi connectivity index (χ1n) is 10.3. The highest BCUT2D eigenvalue weighted by atomic mass is 35.5. The van der Waals surface area contributed by atoms with E-state index in [9.17, 15) is 14.7 Å². The number of aromatic carboxylic acids is 1. The van der Waals surface area contributed by atoms with Crippen LogP contribution in [0.3, 0.4) is 0 Å². The fraction of sp³-hybridized carbons (Fsp3) is 0.417. The van der Waals surface area contributed by atoms with E-state index in [1.54, 1.807) is 53.4 Å². The molecule has 1 aliphatic rings. The van der Waals surface area contributed by atoms with Crippen molar-refractivity contribution in [2.75, 3.05) is 0 Å². The fourth-order valence-electron chi connectivity index (χ4n) is 3.99. The average Bonchev–Trinajstić information content (AvgIpc) is 3.10. The lowest BCUT2D eigenvalue weighted by molar-refractivity contribution is -0.00453. The standard InChI is InChI=1S/C24H28ClNO5/c1-24(2,3)31-23(30)26-19(13-15-7-9-16(10-8-15)22(28)29)11-12-20(26)21(27)17-5-4-6-18(25)14-17/h4-10,14,19-21,27H,11-13H2,1-3H3,(H,28,29). The topological polar surface area (TPSA) is 87.1 Å². The molecule has 0 aromatic heterocycles. The average molecular weight is 446 g/mol. The summed E-state index contributed by atoms with van der Waals surface area (Å²) in [5.74, 6) is -0.979. The van der Waals surface area contributed by atoms with Gasteiger partial charge in [-0.25, -0.2) is 9.59 Å². The number of likely N-dealkylation sites (tertiary alicyclic amines) is 1. The van der Waals surface area contributed by atoms with Gasteiger partial charge in [0.25, 0.3) is 0 Å². The van der Waals surface area contributed by atoms with Crippen LogP contribution >= 0.6 is 11.6 Å². The highest BCUT2D eigenvalue weighted by Crippen LogP contribution is 2.36. The summed E-state index contributed by atoms with van der Waals surface area (Å²) in [5.41, 5.74) is 1.12. The lowest BCUT2D eigenvalue weighted by atomic mass is 10.0. The third-order valence-corrected chi connectivity index (χ3v) is 5.61. The van der Waals surface area contributed by atoms with Gasteiger partial charge in [-0.2, -0.15) is 0 Å². The van der Waals surface area contributed by atoms with E-state index in [0.717, 1.165) is 5.56 Å². The van der Waals surface area contributed by atoms with Crippen molar-refractivity contribution in [2.45, 2.75) is 63.8 Å². The van der Waals surface area contributed by atoms with Crippen LogP contribution in [0.5, 0.6) is 0 Å². The number of ether oxygens (including phenoxy) is 1. The molecule has 7 heteroatoms. The maximum absolute atomic E-state index is 13.1. The van der Waals surface area contributed by atoms with Crippen LogP contribution in [0.2, 0.25) is 5.02 Å². The van der Waals surface area contributed by atoms with Crippen molar-refractivity contribution >= 4 is 23.7 Å². The van der Waals surface area contributed by atoms with Crippen molar-refractivity contribution in [2.24, 2.45) is 0 Å². The first kappa shape index (κ1) is 23.1. The number of carboxylic acids is 1. The molecule has 2 aromatic carbocycles. The third kappa shape index (κ3) is 5.77. The van der Waals surface area contributed by atoms with E-state index in [4.69, 9.17) is 21.4 Å². The second-order valence-electron chi connectivity index (χ2n) is 8.89. The minimum Gasteiger partial charge on any atom is -0.478 e. The maximum atomic E-state index is 13.1. The predicted molar refractivity (Wildman–Crippen MR) is 118 cm³/mol. The number of carbonyl (C=O) groups is 2. The number of rotatable bonds is 5. The molecule has 0 spiro atoms. The van der Waals surface area contributed by atoms with Gasteiger partial charge in [0.2, 0.25) is 0 Å². The van der Waals surface area contributed by atoms with Crippen LogP contribution in [-0.2, 0) is 11.2 Å². The summed E-state index contributed by atoms with van der Waals surface area (Å²) in [7, 11) is 0. The molecule has 6 nitrogen and oxygen atoms in total. The fourth-order valence-corrected chi connectivity index (χ4v) is 4.19. The van der Waals surface area contributed by atoms with Gasteiger partial charge in [0.05, 0.1) is 17.7 Å². The van der Waals surface area contributed by atoms with Gasteiger partial charge in [0, 0.05) is 11.1 Å². The Balaban J connectivity index is 1.85. The molecule has 31 heavy (non-hydrogen) atoms. The molecule has 1 heterocycles. The summed E-state index contributed by atoms with van der Waals surface area (Å²) >= 11 is 6.09. The Bertz CT molecular complexity index is 938. The molecule has 1 amide bonds. The summed E-state index contributed by atoms with van der Waals surface area (Å²) in [6, 6.07) is 13.0. The number of carbonyl (C=O) groups excluding carboxylic acids is 1. The number of benzene rings is 2. The van der Waals surface area contributed by atoms with Crippen LogP contribution in [0.15, 0.2) is 48.5 Å². The van der Waals surface area contributed by atoms with Crippen LogP contribution in [0, 0.1) is 0 Å². The van der Waals surface area contributed by atoms with Gasteiger partial charge in [-0.1, -0.05) is 35.9 Å². The molecule has 1 aliphatic heterocycles. The Kier molecular flexibility index (Phi) is 6.92. The molecular formula is C24H28ClNO5. The van der Waals surface area contributed by atoms with Crippen molar-refractivity contribution in [3.05, 3.63) is 70.2 Å². The van der Waals surface area contributed by atoms with E-state index in [2.05, 4.69) is 0 Å². The Morgan fingerprint density at radius 3 is 2.42 bits per heavy atom. The van der Waals surface area contributed by atoms with E-state index in [-0.39, 0.29) is 11.6 Å². The normalized spacial score (nSPS) is 19.8. The Labute approximate surface area is 187 Å². The highest BCUT2D eigenvalue weighted by molar-refractivity contribution is 6.30. The number of aliphatic hydroxyl groups excluding tert-OH is 1. The maximum Gasteiger partial charge on any atom is 0.410 e. The molecule has 0 radical (unpaired) electrons. The zero-order valence-electron chi connectivity index (χ0n) is 17.9. The quantitative estimate of drug-likeness (QED) is 0.669. The number of amides is 1. The second kappa shape index (κ2) is 9.28. The van der Waals surface area contributed by atoms with E-state index in [1.807, 2.05) is 20.8 Å². The van der Waals surface area contributed by atoms with Crippen LogP contribution in [0.4, 0.5) is 4.79 Å². The number of hydrogen-bond donors (Lipinski definition) is 2. The van der Waals surface area contributed by atoms with Crippen molar-refractivity contribution in [3.63, 3.8) is 0 Å². The number of nitrogens with zero attached hydrogens (tertiary/aromatic N) is 1. The number of hydrogen-bond acceptors (Lipinski definition) is 4. The van der Waals surface area contributed by atoms with Gasteiger partial charge in [-0.15, -0.1) is 0 Å². The highest BCUT2D eigenvalue weighted by Gasteiger charge is 2.42. The second-order valence-corrected chi connectivity index (χ2v) is 9.33. The minimum atomic E-state index is -0.979. The summed E-state index contributed by atoms with van der Waals surface area (Å²) in [5, 5.41) is 20.7. The Hall–Kier alpha value is -2.57.